The van der Waals surface area contributed by atoms with Crippen molar-refractivity contribution in [1.29, 1.82) is 0 Å². The van der Waals surface area contributed by atoms with Crippen LogP contribution in [-0.4, -0.2) is 43.3 Å². The lowest BCUT2D eigenvalue weighted by Gasteiger charge is -2.32. The molecule has 0 radical (unpaired) electrons. The SMILES string of the molecule is CCN(Cc1ccc(CCN(C)C(C)C)cc1)c1cc(OC)ccc1C1CCc2cc(O)ccc2C1. The van der Waals surface area contributed by atoms with E-state index in [1.807, 2.05) is 12.1 Å². The molecule has 1 aliphatic carbocycles. The summed E-state index contributed by atoms with van der Waals surface area (Å²) in [6, 6.07) is 22.1. The fourth-order valence-corrected chi connectivity index (χ4v) is 5.24. The van der Waals surface area contributed by atoms with Crippen LogP contribution in [0.1, 0.15) is 60.9 Å². The molecule has 0 spiro atoms. The Labute approximate surface area is 217 Å². The number of hydrogen-bond acceptors (Lipinski definition) is 4. The number of hydrogen-bond donors (Lipinski definition) is 1. The fourth-order valence-electron chi connectivity index (χ4n) is 5.24. The second kappa shape index (κ2) is 11.8. The molecule has 0 saturated heterocycles. The van der Waals surface area contributed by atoms with Gasteiger partial charge in [-0.15, -0.1) is 0 Å². The van der Waals surface area contributed by atoms with Crippen molar-refractivity contribution in [3.63, 3.8) is 0 Å². The standard InChI is InChI=1S/C32H42N2O2/c1-6-34(22-25-9-7-24(8-10-25)17-18-33(4)23(2)3)32-21-30(36-5)15-16-31(32)28-12-11-27-20-29(35)14-13-26(27)19-28/h7-10,13-16,20-21,23,28,35H,6,11-12,17-19,22H2,1-5H3. The Morgan fingerprint density at radius 3 is 2.42 bits per heavy atom. The van der Waals surface area contributed by atoms with Gasteiger partial charge >= 0.3 is 0 Å². The van der Waals surface area contributed by atoms with Crippen LogP contribution in [0.15, 0.2) is 60.7 Å². The van der Waals surface area contributed by atoms with Gasteiger partial charge < -0.3 is 19.6 Å². The highest BCUT2D eigenvalue weighted by atomic mass is 16.5. The average Bonchev–Trinajstić information content (AvgIpc) is 2.90. The number of fused-ring (bicyclic) bond motifs is 1. The van der Waals surface area contributed by atoms with E-state index in [1.54, 1.807) is 7.11 Å². The third kappa shape index (κ3) is 6.22. The predicted molar refractivity (Wildman–Crippen MR) is 151 cm³/mol. The van der Waals surface area contributed by atoms with Crippen molar-refractivity contribution < 1.29 is 9.84 Å². The fraction of sp³-hybridized carbons (Fsp3) is 0.438. The van der Waals surface area contributed by atoms with Crippen LogP contribution in [0.2, 0.25) is 0 Å². The molecule has 3 aromatic rings. The maximum absolute atomic E-state index is 9.89. The van der Waals surface area contributed by atoms with Gasteiger partial charge in [0.25, 0.3) is 0 Å². The van der Waals surface area contributed by atoms with E-state index in [4.69, 9.17) is 4.74 Å². The first-order valence-electron chi connectivity index (χ1n) is 13.4. The van der Waals surface area contributed by atoms with Crippen molar-refractivity contribution in [2.45, 2.75) is 65.0 Å². The Bertz CT molecular complexity index is 1140. The van der Waals surface area contributed by atoms with Crippen LogP contribution in [0.25, 0.3) is 0 Å². The van der Waals surface area contributed by atoms with E-state index in [1.165, 1.54) is 33.5 Å². The summed E-state index contributed by atoms with van der Waals surface area (Å²) in [6.45, 7) is 9.60. The maximum atomic E-state index is 9.89. The molecule has 36 heavy (non-hydrogen) atoms. The number of ether oxygens (including phenoxy) is 1. The van der Waals surface area contributed by atoms with Crippen molar-refractivity contribution in [2.75, 3.05) is 32.1 Å². The molecule has 0 amide bonds. The first-order valence-corrected chi connectivity index (χ1v) is 13.4. The Morgan fingerprint density at radius 2 is 1.72 bits per heavy atom. The highest BCUT2D eigenvalue weighted by Crippen LogP contribution is 2.40. The van der Waals surface area contributed by atoms with Crippen molar-refractivity contribution in [2.24, 2.45) is 0 Å². The van der Waals surface area contributed by atoms with Crippen molar-refractivity contribution in [3.05, 3.63) is 88.5 Å². The Morgan fingerprint density at radius 1 is 0.972 bits per heavy atom. The minimum atomic E-state index is 0.368. The van der Waals surface area contributed by atoms with Gasteiger partial charge in [0.2, 0.25) is 0 Å². The monoisotopic (exact) mass is 486 g/mol. The van der Waals surface area contributed by atoms with Crippen LogP contribution < -0.4 is 9.64 Å². The van der Waals surface area contributed by atoms with Crippen LogP contribution in [-0.2, 0) is 25.8 Å². The number of anilines is 1. The summed E-state index contributed by atoms with van der Waals surface area (Å²) >= 11 is 0. The third-order valence-corrected chi connectivity index (χ3v) is 7.85. The molecular weight excluding hydrogens is 444 g/mol. The third-order valence-electron chi connectivity index (χ3n) is 7.85. The summed E-state index contributed by atoms with van der Waals surface area (Å²) in [5.74, 6) is 1.72. The second-order valence-corrected chi connectivity index (χ2v) is 10.5. The molecule has 1 atom stereocenters. The van der Waals surface area contributed by atoms with Crippen molar-refractivity contribution >= 4 is 5.69 Å². The van der Waals surface area contributed by atoms with Gasteiger partial charge in [-0.1, -0.05) is 36.4 Å². The van der Waals surface area contributed by atoms with E-state index in [2.05, 4.69) is 86.1 Å². The number of benzene rings is 3. The number of methoxy groups -OCH3 is 1. The minimum absolute atomic E-state index is 0.368. The molecule has 1 N–H and O–H groups in total. The lowest BCUT2D eigenvalue weighted by molar-refractivity contribution is 0.277. The minimum Gasteiger partial charge on any atom is -0.508 e. The number of rotatable bonds is 10. The van der Waals surface area contributed by atoms with Gasteiger partial charge in [-0.2, -0.15) is 0 Å². The molecule has 3 aromatic carbocycles. The largest absolute Gasteiger partial charge is 0.508 e. The molecule has 0 saturated carbocycles. The van der Waals surface area contributed by atoms with Gasteiger partial charge in [0, 0.05) is 37.4 Å². The first-order chi connectivity index (χ1) is 17.4. The summed E-state index contributed by atoms with van der Waals surface area (Å²) in [5.41, 5.74) is 8.02. The molecule has 1 aliphatic rings. The van der Waals surface area contributed by atoms with Crippen molar-refractivity contribution in [1.82, 2.24) is 4.90 Å². The van der Waals surface area contributed by atoms with Crippen LogP contribution in [0, 0.1) is 0 Å². The number of phenolic OH excluding ortho intramolecular Hbond substituents is 1. The number of nitrogens with zero attached hydrogens (tertiary/aromatic N) is 2. The van der Waals surface area contributed by atoms with Gasteiger partial charge in [0.05, 0.1) is 7.11 Å². The van der Waals surface area contributed by atoms with Crippen molar-refractivity contribution in [3.8, 4) is 11.5 Å². The summed E-state index contributed by atoms with van der Waals surface area (Å²) in [4.78, 5) is 4.87. The van der Waals surface area contributed by atoms with E-state index >= 15 is 0 Å². The zero-order valence-corrected chi connectivity index (χ0v) is 22.6. The Hall–Kier alpha value is -2.98. The number of aromatic hydroxyl groups is 1. The maximum Gasteiger partial charge on any atom is 0.120 e. The zero-order chi connectivity index (χ0) is 25.7. The number of phenols is 1. The van der Waals surface area contributed by atoms with E-state index in [-0.39, 0.29) is 0 Å². The first kappa shape index (κ1) is 26.1. The Kier molecular flexibility index (Phi) is 8.58. The summed E-state index contributed by atoms with van der Waals surface area (Å²) in [7, 11) is 3.94. The Balaban J connectivity index is 1.53. The van der Waals surface area contributed by atoms with Gasteiger partial charge in [-0.05, 0) is 105 Å². The molecule has 0 fully saturated rings. The highest BCUT2D eigenvalue weighted by molar-refractivity contribution is 5.60. The quantitative estimate of drug-likeness (QED) is 0.351. The molecule has 0 bridgehead atoms. The molecular formula is C32H42N2O2. The molecule has 4 rings (SSSR count). The lowest BCUT2D eigenvalue weighted by atomic mass is 9.79. The molecule has 0 aromatic heterocycles. The molecule has 1 unspecified atom stereocenters. The zero-order valence-electron chi connectivity index (χ0n) is 22.6. The van der Waals surface area contributed by atoms with Crippen LogP contribution in [0.4, 0.5) is 5.69 Å². The smallest absolute Gasteiger partial charge is 0.120 e. The highest BCUT2D eigenvalue weighted by Gasteiger charge is 2.24. The number of likely N-dealkylation sites (N-methyl/N-ethyl adjacent to an activating group) is 1. The molecule has 4 nitrogen and oxygen atoms in total. The van der Waals surface area contributed by atoms with E-state index in [9.17, 15) is 5.11 Å². The predicted octanol–water partition coefficient (Wildman–Crippen LogP) is 6.58. The second-order valence-electron chi connectivity index (χ2n) is 10.5. The summed E-state index contributed by atoms with van der Waals surface area (Å²) < 4.78 is 5.63. The lowest BCUT2D eigenvalue weighted by Crippen LogP contribution is -2.28. The van der Waals surface area contributed by atoms with Gasteiger partial charge in [-0.3, -0.25) is 0 Å². The average molecular weight is 487 g/mol. The van der Waals surface area contributed by atoms with Crippen LogP contribution in [0.3, 0.4) is 0 Å². The van der Waals surface area contributed by atoms with Gasteiger partial charge in [-0.25, -0.2) is 0 Å². The molecule has 0 heterocycles. The normalized spacial score (nSPS) is 15.2. The molecule has 4 heteroatoms. The van der Waals surface area contributed by atoms with E-state index < -0.39 is 0 Å². The molecule has 0 aliphatic heterocycles. The van der Waals surface area contributed by atoms with E-state index in [0.29, 0.717) is 17.7 Å². The van der Waals surface area contributed by atoms with Gasteiger partial charge in [0.1, 0.15) is 11.5 Å². The van der Waals surface area contributed by atoms with Crippen LogP contribution in [0.5, 0.6) is 11.5 Å². The molecule has 192 valence electrons. The number of aryl methyl sites for hydroxylation is 1. The van der Waals surface area contributed by atoms with Crippen LogP contribution >= 0.6 is 0 Å². The topological polar surface area (TPSA) is 35.9 Å². The van der Waals surface area contributed by atoms with E-state index in [0.717, 1.165) is 51.1 Å². The summed E-state index contributed by atoms with van der Waals surface area (Å²) in [6.07, 6.45) is 4.17. The van der Waals surface area contributed by atoms with Gasteiger partial charge in [0.15, 0.2) is 0 Å². The summed E-state index contributed by atoms with van der Waals surface area (Å²) in [5, 5.41) is 9.89.